The number of halogens is 1. The Kier molecular flexibility index (Phi) is 5.08. The van der Waals surface area contributed by atoms with Crippen LogP contribution in [0.5, 0.6) is 5.75 Å². The number of methoxy groups -OCH3 is 1. The number of hydrogen-bond acceptors (Lipinski definition) is 3. The lowest BCUT2D eigenvalue weighted by atomic mass is 10.2. The van der Waals surface area contributed by atoms with Gasteiger partial charge in [0.2, 0.25) is 0 Å². The molecule has 84 valence electrons. The zero-order chi connectivity index (χ0) is 11.3. The van der Waals surface area contributed by atoms with Crippen molar-refractivity contribution in [3.63, 3.8) is 0 Å². The van der Waals surface area contributed by atoms with Crippen LogP contribution >= 0.6 is 15.9 Å². The van der Waals surface area contributed by atoms with Crippen molar-refractivity contribution in [2.75, 3.05) is 13.7 Å². The van der Waals surface area contributed by atoms with Gasteiger partial charge < -0.3 is 15.2 Å². The SMILES string of the molecule is COCC(C)Oc1ccc(CN)cc1Br. The summed E-state index contributed by atoms with van der Waals surface area (Å²) in [5.74, 6) is 0.816. The first-order valence-corrected chi connectivity index (χ1v) is 5.60. The Morgan fingerprint density at radius 3 is 2.73 bits per heavy atom. The molecule has 0 amide bonds. The Labute approximate surface area is 98.7 Å². The van der Waals surface area contributed by atoms with Gasteiger partial charge in [-0.3, -0.25) is 0 Å². The van der Waals surface area contributed by atoms with Gasteiger partial charge in [-0.05, 0) is 40.5 Å². The van der Waals surface area contributed by atoms with E-state index >= 15 is 0 Å². The first-order chi connectivity index (χ1) is 7.17. The summed E-state index contributed by atoms with van der Waals surface area (Å²) in [6.07, 6.45) is 0.0371. The summed E-state index contributed by atoms with van der Waals surface area (Å²) in [5, 5.41) is 0. The van der Waals surface area contributed by atoms with E-state index in [0.29, 0.717) is 13.2 Å². The molecular weight excluding hydrogens is 258 g/mol. The molecule has 0 heterocycles. The molecule has 0 bridgehead atoms. The molecule has 0 saturated heterocycles. The highest BCUT2D eigenvalue weighted by Crippen LogP contribution is 2.26. The van der Waals surface area contributed by atoms with Crippen molar-refractivity contribution in [3.05, 3.63) is 28.2 Å². The lowest BCUT2D eigenvalue weighted by Crippen LogP contribution is -2.18. The Balaban J connectivity index is 2.69. The van der Waals surface area contributed by atoms with Crippen molar-refractivity contribution in [3.8, 4) is 5.75 Å². The Hall–Kier alpha value is -0.580. The Bertz CT molecular complexity index is 317. The molecule has 0 aliphatic rings. The van der Waals surface area contributed by atoms with Crippen LogP contribution in [0.3, 0.4) is 0 Å². The van der Waals surface area contributed by atoms with Crippen LogP contribution in [0.4, 0.5) is 0 Å². The van der Waals surface area contributed by atoms with E-state index in [1.54, 1.807) is 7.11 Å². The second-order valence-electron chi connectivity index (χ2n) is 3.35. The van der Waals surface area contributed by atoms with Crippen LogP contribution in [0, 0.1) is 0 Å². The minimum atomic E-state index is 0.0371. The number of ether oxygens (including phenoxy) is 2. The molecule has 0 aliphatic heterocycles. The van der Waals surface area contributed by atoms with Gasteiger partial charge in [0.15, 0.2) is 0 Å². The Morgan fingerprint density at radius 2 is 2.20 bits per heavy atom. The smallest absolute Gasteiger partial charge is 0.134 e. The lowest BCUT2D eigenvalue weighted by Gasteiger charge is -2.15. The van der Waals surface area contributed by atoms with Gasteiger partial charge in [0, 0.05) is 13.7 Å². The molecule has 2 N–H and O–H groups in total. The van der Waals surface area contributed by atoms with E-state index in [4.69, 9.17) is 15.2 Å². The van der Waals surface area contributed by atoms with Gasteiger partial charge in [0.05, 0.1) is 11.1 Å². The molecule has 3 nitrogen and oxygen atoms in total. The predicted molar refractivity (Wildman–Crippen MR) is 64.0 cm³/mol. The molecule has 0 aromatic heterocycles. The fourth-order valence-electron chi connectivity index (χ4n) is 1.25. The van der Waals surface area contributed by atoms with Gasteiger partial charge in [-0.25, -0.2) is 0 Å². The number of hydrogen-bond donors (Lipinski definition) is 1. The van der Waals surface area contributed by atoms with Gasteiger partial charge >= 0.3 is 0 Å². The van der Waals surface area contributed by atoms with E-state index in [2.05, 4.69) is 15.9 Å². The first-order valence-electron chi connectivity index (χ1n) is 4.81. The molecule has 4 heteroatoms. The molecule has 1 aromatic carbocycles. The monoisotopic (exact) mass is 273 g/mol. The van der Waals surface area contributed by atoms with Crippen LogP contribution in [0.25, 0.3) is 0 Å². The number of benzene rings is 1. The first kappa shape index (κ1) is 12.5. The second-order valence-corrected chi connectivity index (χ2v) is 4.21. The third-order valence-corrected chi connectivity index (χ3v) is 2.58. The van der Waals surface area contributed by atoms with E-state index in [0.717, 1.165) is 15.8 Å². The molecule has 0 spiro atoms. The molecule has 1 aromatic rings. The van der Waals surface area contributed by atoms with Crippen LogP contribution in [0.1, 0.15) is 12.5 Å². The second kappa shape index (κ2) is 6.10. The van der Waals surface area contributed by atoms with E-state index in [1.165, 1.54) is 0 Å². The molecule has 1 rings (SSSR count). The van der Waals surface area contributed by atoms with Gasteiger partial charge in [0.25, 0.3) is 0 Å². The van der Waals surface area contributed by atoms with Gasteiger partial charge in [-0.2, -0.15) is 0 Å². The fraction of sp³-hybridized carbons (Fsp3) is 0.455. The molecule has 0 aliphatic carbocycles. The van der Waals surface area contributed by atoms with Crippen molar-refractivity contribution in [1.29, 1.82) is 0 Å². The maximum Gasteiger partial charge on any atom is 0.134 e. The Morgan fingerprint density at radius 1 is 1.47 bits per heavy atom. The summed E-state index contributed by atoms with van der Waals surface area (Å²) in [4.78, 5) is 0. The number of rotatable bonds is 5. The van der Waals surface area contributed by atoms with E-state index < -0.39 is 0 Å². The average Bonchev–Trinajstić information content (AvgIpc) is 2.21. The highest BCUT2D eigenvalue weighted by molar-refractivity contribution is 9.10. The standard InChI is InChI=1S/C11H16BrNO2/c1-8(7-14-2)15-11-4-3-9(6-13)5-10(11)12/h3-5,8H,6-7,13H2,1-2H3. The van der Waals surface area contributed by atoms with Crippen LogP contribution in [0.15, 0.2) is 22.7 Å². The van der Waals surface area contributed by atoms with Crippen LogP contribution in [-0.4, -0.2) is 19.8 Å². The highest BCUT2D eigenvalue weighted by atomic mass is 79.9. The van der Waals surface area contributed by atoms with Gasteiger partial charge in [-0.1, -0.05) is 6.07 Å². The summed E-state index contributed by atoms with van der Waals surface area (Å²) in [6, 6.07) is 5.84. The van der Waals surface area contributed by atoms with Crippen molar-refractivity contribution in [2.24, 2.45) is 5.73 Å². The molecule has 1 atom stereocenters. The zero-order valence-corrected chi connectivity index (χ0v) is 10.6. The van der Waals surface area contributed by atoms with Crippen LogP contribution in [-0.2, 0) is 11.3 Å². The van der Waals surface area contributed by atoms with Crippen molar-refractivity contribution in [1.82, 2.24) is 0 Å². The molecule has 0 saturated carbocycles. The molecule has 1 unspecified atom stereocenters. The maximum absolute atomic E-state index is 5.67. The van der Waals surface area contributed by atoms with E-state index in [1.807, 2.05) is 25.1 Å². The third kappa shape index (κ3) is 3.81. The van der Waals surface area contributed by atoms with Crippen LogP contribution in [0.2, 0.25) is 0 Å². The topological polar surface area (TPSA) is 44.5 Å². The summed E-state index contributed by atoms with van der Waals surface area (Å²) < 4.78 is 11.6. The van der Waals surface area contributed by atoms with E-state index in [9.17, 15) is 0 Å². The maximum atomic E-state index is 5.67. The van der Waals surface area contributed by atoms with E-state index in [-0.39, 0.29) is 6.10 Å². The lowest BCUT2D eigenvalue weighted by molar-refractivity contribution is 0.0916. The summed E-state index contributed by atoms with van der Waals surface area (Å²) in [6.45, 7) is 3.07. The summed E-state index contributed by atoms with van der Waals surface area (Å²) in [7, 11) is 1.66. The van der Waals surface area contributed by atoms with Gasteiger partial charge in [0.1, 0.15) is 11.9 Å². The van der Waals surface area contributed by atoms with Crippen molar-refractivity contribution < 1.29 is 9.47 Å². The molecule has 0 radical (unpaired) electrons. The molecule has 15 heavy (non-hydrogen) atoms. The molecular formula is C11H16BrNO2. The number of nitrogens with two attached hydrogens (primary N) is 1. The predicted octanol–water partition coefficient (Wildman–Crippen LogP) is 2.32. The van der Waals surface area contributed by atoms with Crippen molar-refractivity contribution in [2.45, 2.75) is 19.6 Å². The van der Waals surface area contributed by atoms with Crippen LogP contribution < -0.4 is 10.5 Å². The minimum Gasteiger partial charge on any atom is -0.487 e. The quantitative estimate of drug-likeness (QED) is 0.896. The largest absolute Gasteiger partial charge is 0.487 e. The summed E-state index contributed by atoms with van der Waals surface area (Å²) in [5.41, 5.74) is 6.61. The van der Waals surface area contributed by atoms with Gasteiger partial charge in [-0.15, -0.1) is 0 Å². The third-order valence-electron chi connectivity index (χ3n) is 1.96. The van der Waals surface area contributed by atoms with Crippen molar-refractivity contribution >= 4 is 15.9 Å². The average molecular weight is 274 g/mol. The zero-order valence-electron chi connectivity index (χ0n) is 9.00. The summed E-state index contributed by atoms with van der Waals surface area (Å²) >= 11 is 3.45. The fourth-order valence-corrected chi connectivity index (χ4v) is 1.77. The molecule has 0 fully saturated rings. The highest BCUT2D eigenvalue weighted by Gasteiger charge is 2.07. The normalized spacial score (nSPS) is 12.5. The minimum absolute atomic E-state index is 0.0371.